The average Bonchev–Trinajstić information content (AvgIpc) is 3.16. The van der Waals surface area contributed by atoms with Crippen LogP contribution in [0.1, 0.15) is 35.9 Å². The summed E-state index contributed by atoms with van der Waals surface area (Å²) in [5.74, 6) is 0.0604. The Hall–Kier alpha value is -1.17. The first-order chi connectivity index (χ1) is 10.2. The number of nitrogens with two attached hydrogens (primary N) is 1. The van der Waals surface area contributed by atoms with Crippen LogP contribution in [0.2, 0.25) is 0 Å². The zero-order valence-electron chi connectivity index (χ0n) is 12.3. The molecule has 114 valence electrons. The number of nitrogens with zero attached hydrogens (tertiary/aromatic N) is 1. The summed E-state index contributed by atoms with van der Waals surface area (Å²) in [5.41, 5.74) is 6.08. The number of hydrogen-bond acceptors (Lipinski definition) is 4. The number of carbonyl (C=O) groups is 1. The Kier molecular flexibility index (Phi) is 6.42. The van der Waals surface area contributed by atoms with E-state index in [9.17, 15) is 4.79 Å². The van der Waals surface area contributed by atoms with E-state index in [1.807, 2.05) is 27.8 Å². The van der Waals surface area contributed by atoms with E-state index in [1.54, 1.807) is 22.7 Å². The van der Waals surface area contributed by atoms with Crippen LogP contribution in [0.15, 0.2) is 35.0 Å². The largest absolute Gasteiger partial charge is 0.331 e. The Bertz CT molecular complexity index is 486. The van der Waals surface area contributed by atoms with Gasteiger partial charge in [-0.15, -0.1) is 22.7 Å². The summed E-state index contributed by atoms with van der Waals surface area (Å²) in [6.07, 6.45) is 2.83. The molecule has 0 saturated carbocycles. The summed E-state index contributed by atoms with van der Waals surface area (Å²) in [6, 6.07) is 7.79. The lowest BCUT2D eigenvalue weighted by molar-refractivity contribution is -0.134. The highest BCUT2D eigenvalue weighted by atomic mass is 32.1. The minimum Gasteiger partial charge on any atom is -0.331 e. The highest BCUT2D eigenvalue weighted by Gasteiger charge is 2.21. The molecule has 0 aliphatic carbocycles. The van der Waals surface area contributed by atoms with Crippen LogP contribution in [0.3, 0.4) is 0 Å². The molecule has 0 spiro atoms. The van der Waals surface area contributed by atoms with Gasteiger partial charge in [-0.3, -0.25) is 4.79 Å². The summed E-state index contributed by atoms with van der Waals surface area (Å²) in [4.78, 5) is 16.9. The molecule has 2 aromatic heterocycles. The molecule has 2 aromatic rings. The van der Waals surface area contributed by atoms with E-state index < -0.39 is 0 Å². The van der Waals surface area contributed by atoms with Gasteiger partial charge in [-0.2, -0.15) is 0 Å². The van der Waals surface area contributed by atoms with Crippen molar-refractivity contribution in [2.24, 2.45) is 5.73 Å². The van der Waals surface area contributed by atoms with Gasteiger partial charge >= 0.3 is 0 Å². The van der Waals surface area contributed by atoms with E-state index in [2.05, 4.69) is 19.1 Å². The normalized spacial score (nSPS) is 12.3. The molecule has 0 fully saturated rings. The second-order valence-corrected chi connectivity index (χ2v) is 7.17. The molecule has 0 radical (unpaired) electrons. The predicted molar refractivity (Wildman–Crippen MR) is 90.4 cm³/mol. The Morgan fingerprint density at radius 3 is 2.19 bits per heavy atom. The van der Waals surface area contributed by atoms with Gasteiger partial charge in [-0.05, 0) is 29.3 Å². The smallest absolute Gasteiger partial charge is 0.240 e. The topological polar surface area (TPSA) is 46.3 Å². The van der Waals surface area contributed by atoms with Gasteiger partial charge in [0.1, 0.15) is 0 Å². The first-order valence-electron chi connectivity index (χ1n) is 7.29. The van der Waals surface area contributed by atoms with Gasteiger partial charge in [0.2, 0.25) is 5.91 Å². The maximum absolute atomic E-state index is 12.6. The fourth-order valence-electron chi connectivity index (χ4n) is 2.18. The molecule has 2 heterocycles. The zero-order chi connectivity index (χ0) is 15.1. The van der Waals surface area contributed by atoms with Crippen LogP contribution in [0, 0.1) is 0 Å². The summed E-state index contributed by atoms with van der Waals surface area (Å²) < 4.78 is 0. The second kappa shape index (κ2) is 8.32. The van der Waals surface area contributed by atoms with Crippen LogP contribution in [-0.2, 0) is 17.9 Å². The lowest BCUT2D eigenvalue weighted by atomic mass is 10.1. The van der Waals surface area contributed by atoms with Gasteiger partial charge in [-0.1, -0.05) is 31.9 Å². The van der Waals surface area contributed by atoms with E-state index in [-0.39, 0.29) is 11.9 Å². The monoisotopic (exact) mass is 322 g/mol. The predicted octanol–water partition coefficient (Wildman–Crippen LogP) is 3.86. The molecule has 0 saturated heterocycles. The minimum absolute atomic E-state index is 0.0604. The first kappa shape index (κ1) is 16.2. The van der Waals surface area contributed by atoms with E-state index in [0.29, 0.717) is 13.1 Å². The van der Waals surface area contributed by atoms with Gasteiger partial charge < -0.3 is 10.6 Å². The summed E-state index contributed by atoms with van der Waals surface area (Å²) >= 11 is 3.36. The molecular weight excluding hydrogens is 300 g/mol. The fraction of sp³-hybridized carbons (Fsp3) is 0.438. The van der Waals surface area contributed by atoms with Gasteiger partial charge in [-0.25, -0.2) is 0 Å². The van der Waals surface area contributed by atoms with Crippen molar-refractivity contribution in [1.82, 2.24) is 4.90 Å². The van der Waals surface area contributed by atoms with E-state index in [0.717, 1.165) is 19.3 Å². The third-order valence-electron chi connectivity index (χ3n) is 3.35. The van der Waals surface area contributed by atoms with Crippen molar-refractivity contribution in [3.05, 3.63) is 44.8 Å². The quantitative estimate of drug-likeness (QED) is 0.802. The Labute approximate surface area is 134 Å². The number of carbonyl (C=O) groups excluding carboxylic acids is 1. The third-order valence-corrected chi connectivity index (χ3v) is 5.07. The van der Waals surface area contributed by atoms with E-state index in [1.165, 1.54) is 9.75 Å². The number of hydrogen-bond donors (Lipinski definition) is 1. The zero-order valence-corrected chi connectivity index (χ0v) is 14.0. The van der Waals surface area contributed by atoms with Crippen molar-refractivity contribution < 1.29 is 4.79 Å². The Morgan fingerprint density at radius 1 is 1.19 bits per heavy atom. The van der Waals surface area contributed by atoms with Crippen molar-refractivity contribution >= 4 is 28.6 Å². The van der Waals surface area contributed by atoms with Crippen LogP contribution in [0.25, 0.3) is 0 Å². The molecule has 0 aliphatic heterocycles. The van der Waals surface area contributed by atoms with Crippen LogP contribution >= 0.6 is 22.7 Å². The Balaban J connectivity index is 2.04. The summed E-state index contributed by atoms with van der Waals surface area (Å²) in [5, 5.41) is 4.08. The molecule has 2 N–H and O–H groups in total. The molecule has 1 atom stereocenters. The molecule has 0 aromatic carbocycles. The summed E-state index contributed by atoms with van der Waals surface area (Å²) in [7, 11) is 0. The van der Waals surface area contributed by atoms with Crippen molar-refractivity contribution in [3.8, 4) is 0 Å². The maximum atomic E-state index is 12.6. The molecular formula is C16H22N2OS2. The highest BCUT2D eigenvalue weighted by molar-refractivity contribution is 7.10. The lowest BCUT2D eigenvalue weighted by Gasteiger charge is -2.25. The van der Waals surface area contributed by atoms with Gasteiger partial charge in [0.15, 0.2) is 0 Å². The first-order valence-corrected chi connectivity index (χ1v) is 9.05. The van der Waals surface area contributed by atoms with E-state index >= 15 is 0 Å². The second-order valence-electron chi connectivity index (χ2n) is 5.10. The van der Waals surface area contributed by atoms with Crippen LogP contribution < -0.4 is 5.73 Å². The number of thiophene rings is 2. The number of unbranched alkanes of at least 4 members (excludes halogenated alkanes) is 1. The molecule has 0 aliphatic rings. The average molecular weight is 322 g/mol. The molecule has 3 nitrogen and oxygen atoms in total. The van der Waals surface area contributed by atoms with Crippen molar-refractivity contribution in [2.75, 3.05) is 0 Å². The van der Waals surface area contributed by atoms with Crippen molar-refractivity contribution in [3.63, 3.8) is 0 Å². The number of amides is 1. The Morgan fingerprint density at radius 2 is 1.76 bits per heavy atom. The standard InChI is InChI=1S/C16H22N2OS2/c1-2-3-8-15(17)16(19)18(11-13-6-4-9-20-13)12-14-7-5-10-21-14/h4-7,9-10,15H,2-3,8,11-12,17H2,1H3/t15-/m1/s1. The van der Waals surface area contributed by atoms with Gasteiger partial charge in [0, 0.05) is 9.75 Å². The SMILES string of the molecule is CCCC[C@@H](N)C(=O)N(Cc1cccs1)Cc1cccs1. The van der Waals surface area contributed by atoms with Gasteiger partial charge in [0.05, 0.1) is 19.1 Å². The van der Waals surface area contributed by atoms with E-state index in [4.69, 9.17) is 5.73 Å². The molecule has 2 rings (SSSR count). The van der Waals surface area contributed by atoms with Crippen LogP contribution in [0.5, 0.6) is 0 Å². The minimum atomic E-state index is -0.384. The molecule has 0 unspecified atom stereocenters. The summed E-state index contributed by atoms with van der Waals surface area (Å²) in [6.45, 7) is 3.41. The fourth-order valence-corrected chi connectivity index (χ4v) is 3.61. The molecule has 0 bridgehead atoms. The lowest BCUT2D eigenvalue weighted by Crippen LogP contribution is -2.42. The van der Waals surface area contributed by atoms with Crippen molar-refractivity contribution in [1.29, 1.82) is 0 Å². The molecule has 1 amide bonds. The van der Waals surface area contributed by atoms with Gasteiger partial charge in [0.25, 0.3) is 0 Å². The third kappa shape index (κ3) is 4.95. The molecule has 21 heavy (non-hydrogen) atoms. The van der Waals surface area contributed by atoms with Crippen LogP contribution in [0.4, 0.5) is 0 Å². The highest BCUT2D eigenvalue weighted by Crippen LogP contribution is 2.18. The van der Waals surface area contributed by atoms with Crippen molar-refractivity contribution in [2.45, 2.75) is 45.3 Å². The number of rotatable bonds is 8. The maximum Gasteiger partial charge on any atom is 0.240 e. The molecule has 5 heteroatoms. The van der Waals surface area contributed by atoms with Crippen LogP contribution in [-0.4, -0.2) is 16.8 Å².